The van der Waals surface area contributed by atoms with Gasteiger partial charge in [0.05, 0.1) is 0 Å². The van der Waals surface area contributed by atoms with Crippen LogP contribution in [-0.4, -0.2) is 10.9 Å². The highest BCUT2D eigenvalue weighted by Gasteiger charge is 2.06. The van der Waals surface area contributed by atoms with Gasteiger partial charge in [0, 0.05) is 24.0 Å². The zero-order valence-corrected chi connectivity index (χ0v) is 13.9. The van der Waals surface area contributed by atoms with Gasteiger partial charge in [-0.2, -0.15) is 0 Å². The lowest BCUT2D eigenvalue weighted by Gasteiger charge is -2.13. The van der Waals surface area contributed by atoms with Gasteiger partial charge in [-0.3, -0.25) is 9.78 Å². The molecule has 126 valence electrons. The zero-order chi connectivity index (χ0) is 17.6. The summed E-state index contributed by atoms with van der Waals surface area (Å²) in [5, 5.41) is 3.26. The Bertz CT molecular complexity index is 876. The number of benzene rings is 2. The summed E-state index contributed by atoms with van der Waals surface area (Å²) in [6.45, 7) is 2.58. The van der Waals surface area contributed by atoms with E-state index in [1.807, 2.05) is 55.5 Å². The maximum Gasteiger partial charge on any atom is 0.267 e. The molecule has 0 unspecified atom stereocenters. The van der Waals surface area contributed by atoms with Crippen molar-refractivity contribution < 1.29 is 9.53 Å². The number of nitrogens with zero attached hydrogens (tertiary/aromatic N) is 1. The summed E-state index contributed by atoms with van der Waals surface area (Å²) >= 11 is 0. The van der Waals surface area contributed by atoms with Crippen molar-refractivity contribution in [3.8, 4) is 11.5 Å². The van der Waals surface area contributed by atoms with Crippen LogP contribution in [0.3, 0.4) is 0 Å². The first kappa shape index (κ1) is 16.5. The van der Waals surface area contributed by atoms with E-state index in [2.05, 4.69) is 10.3 Å². The highest BCUT2D eigenvalue weighted by molar-refractivity contribution is 5.91. The van der Waals surface area contributed by atoms with Crippen molar-refractivity contribution in [3.63, 3.8) is 0 Å². The van der Waals surface area contributed by atoms with Crippen LogP contribution >= 0.6 is 0 Å². The third-order valence-electron chi connectivity index (χ3n) is 3.72. The van der Waals surface area contributed by atoms with Crippen LogP contribution in [0.1, 0.15) is 21.6 Å². The van der Waals surface area contributed by atoms with Gasteiger partial charge < -0.3 is 15.8 Å². The van der Waals surface area contributed by atoms with Gasteiger partial charge in [0.25, 0.3) is 5.91 Å². The van der Waals surface area contributed by atoms with Gasteiger partial charge in [0.1, 0.15) is 17.2 Å². The van der Waals surface area contributed by atoms with Gasteiger partial charge in [0.2, 0.25) is 0 Å². The fourth-order valence-corrected chi connectivity index (χ4v) is 2.36. The molecule has 0 saturated heterocycles. The molecule has 0 atom stereocenters. The van der Waals surface area contributed by atoms with Gasteiger partial charge in [-0.1, -0.05) is 35.9 Å². The quantitative estimate of drug-likeness (QED) is 0.717. The first-order valence-corrected chi connectivity index (χ1v) is 7.94. The van der Waals surface area contributed by atoms with Crippen LogP contribution in [-0.2, 0) is 6.54 Å². The van der Waals surface area contributed by atoms with E-state index in [9.17, 15) is 4.79 Å². The van der Waals surface area contributed by atoms with Crippen molar-refractivity contribution in [1.29, 1.82) is 0 Å². The third-order valence-corrected chi connectivity index (χ3v) is 3.72. The maximum atomic E-state index is 11.2. The van der Waals surface area contributed by atoms with E-state index in [-0.39, 0.29) is 5.69 Å². The summed E-state index contributed by atoms with van der Waals surface area (Å²) in [5.74, 6) is 1.02. The maximum absolute atomic E-state index is 11.2. The molecule has 3 rings (SSSR count). The molecule has 3 aromatic rings. The molecule has 1 amide bonds. The Morgan fingerprint density at radius 1 is 1.12 bits per heavy atom. The highest BCUT2D eigenvalue weighted by Crippen LogP contribution is 2.26. The Hall–Kier alpha value is -3.34. The number of anilines is 1. The van der Waals surface area contributed by atoms with E-state index < -0.39 is 5.91 Å². The van der Waals surface area contributed by atoms with E-state index in [1.165, 1.54) is 5.56 Å². The van der Waals surface area contributed by atoms with Crippen LogP contribution < -0.4 is 15.8 Å². The number of carbonyl (C=O) groups is 1. The molecule has 5 heteroatoms. The molecule has 0 spiro atoms. The van der Waals surface area contributed by atoms with Crippen LogP contribution in [0.5, 0.6) is 11.5 Å². The number of hydrogen-bond acceptors (Lipinski definition) is 4. The molecule has 0 aliphatic carbocycles. The number of carbonyl (C=O) groups excluding carboxylic acids is 1. The Balaban J connectivity index is 1.74. The number of primary amides is 1. The van der Waals surface area contributed by atoms with Crippen LogP contribution in [0, 0.1) is 6.92 Å². The minimum absolute atomic E-state index is 0.231. The predicted molar refractivity (Wildman–Crippen MR) is 97.8 cm³/mol. The van der Waals surface area contributed by atoms with Crippen molar-refractivity contribution in [2.45, 2.75) is 13.5 Å². The second-order valence-electron chi connectivity index (χ2n) is 5.67. The van der Waals surface area contributed by atoms with Gasteiger partial charge in [0.15, 0.2) is 0 Å². The molecule has 3 N–H and O–H groups in total. The van der Waals surface area contributed by atoms with Crippen LogP contribution in [0.25, 0.3) is 0 Å². The lowest BCUT2D eigenvalue weighted by molar-refractivity contribution is 0.0995. The van der Waals surface area contributed by atoms with Crippen LogP contribution in [0.2, 0.25) is 0 Å². The Morgan fingerprint density at radius 2 is 1.88 bits per heavy atom. The molecular weight excluding hydrogens is 314 g/mol. The van der Waals surface area contributed by atoms with Crippen molar-refractivity contribution in [1.82, 2.24) is 4.98 Å². The first-order valence-electron chi connectivity index (χ1n) is 7.94. The van der Waals surface area contributed by atoms with E-state index >= 15 is 0 Å². The molecule has 25 heavy (non-hydrogen) atoms. The smallest absolute Gasteiger partial charge is 0.267 e. The van der Waals surface area contributed by atoms with E-state index in [4.69, 9.17) is 10.5 Å². The normalized spacial score (nSPS) is 10.3. The van der Waals surface area contributed by atoms with Crippen LogP contribution in [0.4, 0.5) is 5.69 Å². The van der Waals surface area contributed by atoms with E-state index in [0.29, 0.717) is 6.54 Å². The van der Waals surface area contributed by atoms with Crippen LogP contribution in [0.15, 0.2) is 66.9 Å². The minimum atomic E-state index is -0.549. The molecule has 0 radical (unpaired) electrons. The number of hydrogen-bond donors (Lipinski definition) is 2. The fourth-order valence-electron chi connectivity index (χ4n) is 2.36. The number of aromatic nitrogens is 1. The molecule has 0 aliphatic heterocycles. The van der Waals surface area contributed by atoms with Crippen molar-refractivity contribution in [2.75, 3.05) is 5.32 Å². The van der Waals surface area contributed by atoms with Gasteiger partial charge in [-0.25, -0.2) is 0 Å². The standard InChI is InChI=1S/C20H19N3O2/c1-14-6-8-17(9-7-14)25-19-5-3-2-4-15(19)13-23-16-10-11-22-18(12-16)20(21)24/h2-12H,13H2,1H3,(H2,21,24)(H,22,23). The number of pyridine rings is 1. The molecule has 0 bridgehead atoms. The lowest BCUT2D eigenvalue weighted by Crippen LogP contribution is -2.13. The number of rotatable bonds is 6. The Morgan fingerprint density at radius 3 is 2.64 bits per heavy atom. The molecule has 1 heterocycles. The van der Waals surface area contributed by atoms with Gasteiger partial charge in [-0.15, -0.1) is 0 Å². The summed E-state index contributed by atoms with van der Waals surface area (Å²) in [6.07, 6.45) is 1.55. The first-order chi connectivity index (χ1) is 12.1. The zero-order valence-electron chi connectivity index (χ0n) is 13.9. The average molecular weight is 333 g/mol. The molecule has 5 nitrogen and oxygen atoms in total. The number of para-hydroxylation sites is 1. The molecule has 0 fully saturated rings. The summed E-state index contributed by atoms with van der Waals surface area (Å²) in [4.78, 5) is 15.2. The Kier molecular flexibility index (Phi) is 4.95. The average Bonchev–Trinajstić information content (AvgIpc) is 2.63. The number of nitrogens with one attached hydrogen (secondary N) is 1. The monoisotopic (exact) mass is 333 g/mol. The summed E-state index contributed by atoms with van der Waals surface area (Å²) in [5.41, 5.74) is 8.45. The third kappa shape index (κ3) is 4.35. The van der Waals surface area contributed by atoms with Crippen molar-refractivity contribution in [3.05, 3.63) is 83.7 Å². The molecule has 1 aromatic heterocycles. The molecule has 0 saturated carbocycles. The SMILES string of the molecule is Cc1ccc(Oc2ccccc2CNc2ccnc(C(N)=O)c2)cc1. The van der Waals surface area contributed by atoms with Crippen molar-refractivity contribution in [2.24, 2.45) is 5.73 Å². The van der Waals surface area contributed by atoms with E-state index in [0.717, 1.165) is 22.7 Å². The number of nitrogens with two attached hydrogens (primary N) is 1. The fraction of sp³-hybridized carbons (Fsp3) is 0.100. The largest absolute Gasteiger partial charge is 0.457 e. The predicted octanol–water partition coefficient (Wildman–Crippen LogP) is 3.89. The lowest BCUT2D eigenvalue weighted by atomic mass is 10.2. The van der Waals surface area contributed by atoms with Crippen molar-refractivity contribution >= 4 is 11.6 Å². The topological polar surface area (TPSA) is 77.2 Å². The number of aryl methyl sites for hydroxylation is 1. The van der Waals surface area contributed by atoms with Gasteiger partial charge in [-0.05, 0) is 37.3 Å². The molecular formula is C20H19N3O2. The van der Waals surface area contributed by atoms with E-state index in [1.54, 1.807) is 18.3 Å². The van der Waals surface area contributed by atoms with Gasteiger partial charge >= 0.3 is 0 Å². The second kappa shape index (κ2) is 7.49. The molecule has 0 aliphatic rings. The summed E-state index contributed by atoms with van der Waals surface area (Å²) in [6, 6.07) is 19.2. The summed E-state index contributed by atoms with van der Waals surface area (Å²) in [7, 11) is 0. The molecule has 2 aromatic carbocycles. The number of amides is 1. The minimum Gasteiger partial charge on any atom is -0.457 e. The second-order valence-corrected chi connectivity index (χ2v) is 5.67. The number of ether oxygens (including phenoxy) is 1. The summed E-state index contributed by atoms with van der Waals surface area (Å²) < 4.78 is 5.99. The Labute approximate surface area is 146 Å². The highest BCUT2D eigenvalue weighted by atomic mass is 16.5.